The van der Waals surface area contributed by atoms with E-state index < -0.39 is 0 Å². The topological polar surface area (TPSA) is 105 Å². The fourth-order valence-electron chi connectivity index (χ4n) is 3.57. The number of fused-ring (bicyclic) bond motifs is 3. The Morgan fingerprint density at radius 3 is 2.97 bits per heavy atom. The highest BCUT2D eigenvalue weighted by molar-refractivity contribution is 6.05. The molecule has 8 nitrogen and oxygen atoms in total. The van der Waals surface area contributed by atoms with Crippen LogP contribution in [0.2, 0.25) is 0 Å². The molecule has 4 heterocycles. The number of pyridine rings is 1. The third kappa shape index (κ3) is 3.14. The molecule has 0 spiro atoms. The van der Waals surface area contributed by atoms with Crippen molar-refractivity contribution in [3.05, 3.63) is 66.4 Å². The van der Waals surface area contributed by atoms with E-state index in [0.29, 0.717) is 35.8 Å². The summed E-state index contributed by atoms with van der Waals surface area (Å²) in [4.78, 5) is 36.6. The summed E-state index contributed by atoms with van der Waals surface area (Å²) in [5.41, 5.74) is 3.99. The monoisotopic (exact) mass is 386 g/mol. The minimum Gasteiger partial charge on any atom is -0.351 e. The van der Waals surface area contributed by atoms with Crippen molar-refractivity contribution < 1.29 is 9.59 Å². The molecular formula is C21H18N6O2. The molecule has 4 aromatic rings. The quantitative estimate of drug-likeness (QED) is 0.503. The second kappa shape index (κ2) is 6.90. The molecule has 8 heteroatoms. The lowest BCUT2D eigenvalue weighted by molar-refractivity contribution is 0.0950. The number of rotatable bonds is 3. The van der Waals surface area contributed by atoms with E-state index in [1.807, 2.05) is 41.0 Å². The van der Waals surface area contributed by atoms with Crippen LogP contribution >= 0.6 is 0 Å². The Bertz CT molecular complexity index is 1230. The Hall–Kier alpha value is -3.94. The first-order valence-electron chi connectivity index (χ1n) is 9.38. The highest BCUT2D eigenvalue weighted by atomic mass is 16.2. The highest BCUT2D eigenvalue weighted by Crippen LogP contribution is 2.23. The number of H-pyrrole nitrogens is 1. The molecule has 0 radical (unpaired) electrons. The first-order chi connectivity index (χ1) is 14.2. The van der Waals surface area contributed by atoms with Gasteiger partial charge in [0.2, 0.25) is 0 Å². The molecule has 5 rings (SSSR count). The van der Waals surface area contributed by atoms with E-state index in [-0.39, 0.29) is 11.8 Å². The molecule has 0 saturated heterocycles. The number of carbonyl (C=O) groups excluding carboxylic acids is 2. The number of anilines is 1. The fourth-order valence-corrected chi connectivity index (χ4v) is 3.57. The number of aryl methyl sites for hydroxylation is 1. The first kappa shape index (κ1) is 17.2. The molecule has 144 valence electrons. The van der Waals surface area contributed by atoms with E-state index in [2.05, 4.69) is 25.6 Å². The van der Waals surface area contributed by atoms with E-state index >= 15 is 0 Å². The van der Waals surface area contributed by atoms with Crippen molar-refractivity contribution in [3.8, 4) is 11.3 Å². The van der Waals surface area contributed by atoms with Gasteiger partial charge in [-0.1, -0.05) is 12.1 Å². The van der Waals surface area contributed by atoms with Gasteiger partial charge in [-0.25, -0.2) is 9.97 Å². The molecule has 1 aromatic carbocycles. The van der Waals surface area contributed by atoms with Crippen LogP contribution in [-0.2, 0) is 6.54 Å². The predicted octanol–water partition coefficient (Wildman–Crippen LogP) is 2.81. The molecule has 1 aliphatic heterocycles. The van der Waals surface area contributed by atoms with Crippen molar-refractivity contribution in [1.82, 2.24) is 24.8 Å². The number of nitrogens with zero attached hydrogens (tertiary/aromatic N) is 3. The molecule has 0 unspecified atom stereocenters. The van der Waals surface area contributed by atoms with Crippen LogP contribution in [0.5, 0.6) is 0 Å². The van der Waals surface area contributed by atoms with E-state index in [0.717, 1.165) is 23.1 Å². The van der Waals surface area contributed by atoms with Crippen molar-refractivity contribution in [3.63, 3.8) is 0 Å². The van der Waals surface area contributed by atoms with Crippen LogP contribution < -0.4 is 10.6 Å². The van der Waals surface area contributed by atoms with Crippen molar-refractivity contribution in [2.75, 3.05) is 11.9 Å². The van der Waals surface area contributed by atoms with Gasteiger partial charge in [0.05, 0.1) is 18.2 Å². The summed E-state index contributed by atoms with van der Waals surface area (Å²) < 4.78 is 1.88. The Kier molecular flexibility index (Phi) is 4.09. The van der Waals surface area contributed by atoms with Crippen molar-refractivity contribution in [2.45, 2.75) is 13.0 Å². The number of nitrogens with one attached hydrogen (secondary N) is 3. The first-order valence-corrected chi connectivity index (χ1v) is 9.38. The number of hydrogen-bond donors (Lipinski definition) is 3. The zero-order valence-electron chi connectivity index (χ0n) is 15.5. The van der Waals surface area contributed by atoms with Crippen LogP contribution in [0.1, 0.15) is 27.4 Å². The number of imidazole rings is 1. The molecule has 3 aromatic heterocycles. The maximum Gasteiger partial charge on any atom is 0.274 e. The SMILES string of the molecule is O=C(Nc1cccc(-c2cnc[nH]2)c1)c1ccc2cc3n(c2n1)CCCNC3=O. The summed E-state index contributed by atoms with van der Waals surface area (Å²) in [5, 5.41) is 6.61. The Morgan fingerprint density at radius 1 is 1.17 bits per heavy atom. The molecule has 0 saturated carbocycles. The minimum atomic E-state index is -0.303. The zero-order valence-corrected chi connectivity index (χ0v) is 15.5. The van der Waals surface area contributed by atoms with Gasteiger partial charge >= 0.3 is 0 Å². The Morgan fingerprint density at radius 2 is 2.10 bits per heavy atom. The summed E-state index contributed by atoms with van der Waals surface area (Å²) in [5.74, 6) is -0.413. The second-order valence-corrected chi connectivity index (χ2v) is 6.90. The highest BCUT2D eigenvalue weighted by Gasteiger charge is 2.20. The summed E-state index contributed by atoms with van der Waals surface area (Å²) in [6, 6.07) is 12.8. The van der Waals surface area contributed by atoms with Gasteiger partial charge in [0.15, 0.2) is 0 Å². The largest absolute Gasteiger partial charge is 0.351 e. The lowest BCUT2D eigenvalue weighted by Crippen LogP contribution is -2.22. The van der Waals surface area contributed by atoms with Crippen molar-refractivity contribution >= 4 is 28.5 Å². The molecule has 0 atom stereocenters. The average Bonchev–Trinajstić information content (AvgIpc) is 3.35. The maximum absolute atomic E-state index is 12.8. The van der Waals surface area contributed by atoms with Gasteiger partial charge < -0.3 is 20.2 Å². The molecule has 1 aliphatic rings. The Balaban J connectivity index is 1.45. The maximum atomic E-state index is 12.8. The summed E-state index contributed by atoms with van der Waals surface area (Å²) >= 11 is 0. The Labute approximate surface area is 166 Å². The van der Waals surface area contributed by atoms with Crippen LogP contribution in [-0.4, -0.2) is 37.9 Å². The second-order valence-electron chi connectivity index (χ2n) is 6.90. The molecule has 0 fully saturated rings. The van der Waals surface area contributed by atoms with Gasteiger partial charge in [-0.2, -0.15) is 0 Å². The smallest absolute Gasteiger partial charge is 0.274 e. The summed E-state index contributed by atoms with van der Waals surface area (Å²) in [6.45, 7) is 1.32. The number of amides is 2. The van der Waals surface area contributed by atoms with Gasteiger partial charge in [0.25, 0.3) is 11.8 Å². The van der Waals surface area contributed by atoms with E-state index in [9.17, 15) is 9.59 Å². The number of aromatic nitrogens is 4. The summed E-state index contributed by atoms with van der Waals surface area (Å²) in [6.07, 6.45) is 4.16. The van der Waals surface area contributed by atoms with Crippen LogP contribution in [0.25, 0.3) is 22.3 Å². The normalized spacial score (nSPS) is 13.6. The average molecular weight is 386 g/mol. The summed E-state index contributed by atoms with van der Waals surface area (Å²) in [7, 11) is 0. The van der Waals surface area contributed by atoms with Crippen LogP contribution in [0, 0.1) is 0 Å². The van der Waals surface area contributed by atoms with Crippen LogP contribution in [0.4, 0.5) is 5.69 Å². The van der Waals surface area contributed by atoms with Crippen molar-refractivity contribution in [2.24, 2.45) is 0 Å². The third-order valence-corrected chi connectivity index (χ3v) is 4.98. The molecule has 29 heavy (non-hydrogen) atoms. The van der Waals surface area contributed by atoms with E-state index in [4.69, 9.17) is 0 Å². The van der Waals surface area contributed by atoms with E-state index in [1.54, 1.807) is 18.6 Å². The van der Waals surface area contributed by atoms with Gasteiger partial charge in [0.1, 0.15) is 17.0 Å². The van der Waals surface area contributed by atoms with Gasteiger partial charge in [-0.15, -0.1) is 0 Å². The minimum absolute atomic E-state index is 0.109. The molecular weight excluding hydrogens is 368 g/mol. The zero-order chi connectivity index (χ0) is 19.8. The number of carbonyl (C=O) groups is 2. The molecule has 2 amide bonds. The molecule has 0 aliphatic carbocycles. The number of benzene rings is 1. The van der Waals surface area contributed by atoms with Gasteiger partial charge in [-0.3, -0.25) is 9.59 Å². The standard InChI is InChI=1S/C21H18N6O2/c28-20(25-15-4-1-3-13(9-15)17-11-22-12-24-17)16-6-5-14-10-18-21(29)23-7-2-8-27(18)19(14)26-16/h1,3-6,9-12H,2,7-8H2,(H,22,24)(H,23,29)(H,25,28). The lowest BCUT2D eigenvalue weighted by atomic mass is 10.1. The number of aromatic amines is 1. The van der Waals surface area contributed by atoms with E-state index in [1.165, 1.54) is 0 Å². The van der Waals surface area contributed by atoms with Crippen LogP contribution in [0.15, 0.2) is 55.0 Å². The third-order valence-electron chi connectivity index (χ3n) is 4.98. The van der Waals surface area contributed by atoms with Crippen molar-refractivity contribution in [1.29, 1.82) is 0 Å². The van der Waals surface area contributed by atoms with Gasteiger partial charge in [0, 0.05) is 29.7 Å². The molecule has 3 N–H and O–H groups in total. The van der Waals surface area contributed by atoms with Crippen LogP contribution in [0.3, 0.4) is 0 Å². The predicted molar refractivity (Wildman–Crippen MR) is 109 cm³/mol. The number of hydrogen-bond acceptors (Lipinski definition) is 4. The lowest BCUT2D eigenvalue weighted by Gasteiger charge is -2.08. The fraction of sp³-hybridized carbons (Fsp3) is 0.143. The molecule has 0 bridgehead atoms. The van der Waals surface area contributed by atoms with Gasteiger partial charge in [-0.05, 0) is 36.8 Å².